The molecule has 0 heterocycles. The highest BCUT2D eigenvalue weighted by atomic mass is 16.3. The van der Waals surface area contributed by atoms with Gasteiger partial charge in [-0.3, -0.25) is 0 Å². The lowest BCUT2D eigenvalue weighted by atomic mass is 10.1. The highest BCUT2D eigenvalue weighted by Gasteiger charge is 2.09. The first kappa shape index (κ1) is 9.84. The lowest BCUT2D eigenvalue weighted by molar-refractivity contribution is 0.0398. The van der Waals surface area contributed by atoms with Crippen molar-refractivity contribution in [2.24, 2.45) is 5.73 Å². The molecule has 0 aliphatic rings. The average Bonchev–Trinajstić information content (AvgIpc) is 1.88. The summed E-state index contributed by atoms with van der Waals surface area (Å²) >= 11 is 0. The second-order valence-corrected chi connectivity index (χ2v) is 2.30. The van der Waals surface area contributed by atoms with Crippen molar-refractivity contribution in [3.05, 3.63) is 0 Å². The third-order valence-electron chi connectivity index (χ3n) is 1.25. The summed E-state index contributed by atoms with van der Waals surface area (Å²) in [6.07, 6.45) is -0.737. The van der Waals surface area contributed by atoms with Gasteiger partial charge in [0.05, 0.1) is 18.8 Å². The Kier molecular flexibility index (Phi) is 5.52. The van der Waals surface area contributed by atoms with Gasteiger partial charge in [0.25, 0.3) is 0 Å². The zero-order valence-corrected chi connectivity index (χ0v) is 5.90. The quantitative estimate of drug-likeness (QED) is 0.381. The first-order chi connectivity index (χ1) is 4.70. The maximum absolute atomic E-state index is 9.00. The SMILES string of the molecule is NCC[C@@H](O)CC(O)CO. The standard InChI is InChI=1S/C6H15NO3/c7-2-1-5(9)3-6(10)4-8/h5-6,8-10H,1-4,7H2/t5-,6?/m1/s1. The van der Waals surface area contributed by atoms with E-state index in [1.807, 2.05) is 0 Å². The number of rotatable bonds is 5. The van der Waals surface area contributed by atoms with Crippen molar-refractivity contribution in [2.75, 3.05) is 13.2 Å². The molecule has 0 aromatic carbocycles. The van der Waals surface area contributed by atoms with Gasteiger partial charge in [-0.25, -0.2) is 0 Å². The number of aliphatic hydroxyl groups is 3. The van der Waals surface area contributed by atoms with Crippen molar-refractivity contribution in [3.63, 3.8) is 0 Å². The Bertz CT molecular complexity index is 79.4. The van der Waals surface area contributed by atoms with E-state index < -0.39 is 12.2 Å². The van der Waals surface area contributed by atoms with Crippen LogP contribution >= 0.6 is 0 Å². The van der Waals surface area contributed by atoms with Gasteiger partial charge in [0, 0.05) is 6.42 Å². The van der Waals surface area contributed by atoms with E-state index in [1.165, 1.54) is 0 Å². The second kappa shape index (κ2) is 5.61. The fraction of sp³-hybridized carbons (Fsp3) is 1.00. The molecule has 0 saturated heterocycles. The number of aliphatic hydroxyl groups excluding tert-OH is 3. The molecule has 4 nitrogen and oxygen atoms in total. The molecule has 0 aromatic heterocycles. The molecule has 2 atom stereocenters. The van der Waals surface area contributed by atoms with Gasteiger partial charge < -0.3 is 21.1 Å². The van der Waals surface area contributed by atoms with Crippen molar-refractivity contribution in [2.45, 2.75) is 25.0 Å². The van der Waals surface area contributed by atoms with Crippen molar-refractivity contribution in [1.82, 2.24) is 0 Å². The first-order valence-electron chi connectivity index (χ1n) is 3.37. The molecule has 0 fully saturated rings. The maximum Gasteiger partial charge on any atom is 0.0795 e. The molecule has 5 N–H and O–H groups in total. The van der Waals surface area contributed by atoms with Crippen LogP contribution in [0.5, 0.6) is 0 Å². The summed E-state index contributed by atoms with van der Waals surface area (Å²) in [5, 5.41) is 26.2. The fourth-order valence-corrected chi connectivity index (χ4v) is 0.699. The van der Waals surface area contributed by atoms with Crippen LogP contribution in [0.1, 0.15) is 12.8 Å². The topological polar surface area (TPSA) is 86.7 Å². The van der Waals surface area contributed by atoms with Crippen LogP contribution in [0.3, 0.4) is 0 Å². The molecule has 0 aromatic rings. The van der Waals surface area contributed by atoms with E-state index in [9.17, 15) is 0 Å². The smallest absolute Gasteiger partial charge is 0.0795 e. The molecule has 4 heteroatoms. The van der Waals surface area contributed by atoms with Crippen molar-refractivity contribution in [3.8, 4) is 0 Å². The molecule has 0 amide bonds. The van der Waals surface area contributed by atoms with E-state index in [0.717, 1.165) is 0 Å². The largest absolute Gasteiger partial charge is 0.394 e. The Morgan fingerprint density at radius 2 is 1.80 bits per heavy atom. The van der Waals surface area contributed by atoms with Crippen LogP contribution in [-0.4, -0.2) is 40.7 Å². The van der Waals surface area contributed by atoms with Crippen molar-refractivity contribution < 1.29 is 15.3 Å². The van der Waals surface area contributed by atoms with Crippen LogP contribution in [-0.2, 0) is 0 Å². The Hall–Kier alpha value is -0.160. The lowest BCUT2D eigenvalue weighted by Crippen LogP contribution is -2.22. The van der Waals surface area contributed by atoms with Gasteiger partial charge in [-0.1, -0.05) is 0 Å². The molecule has 1 unspecified atom stereocenters. The molecule has 10 heavy (non-hydrogen) atoms. The Labute approximate surface area is 60.3 Å². The summed E-state index contributed by atoms with van der Waals surface area (Å²) in [5.74, 6) is 0. The Morgan fingerprint density at radius 1 is 1.20 bits per heavy atom. The number of hydrogen-bond donors (Lipinski definition) is 4. The molecular formula is C6H15NO3. The highest BCUT2D eigenvalue weighted by Crippen LogP contribution is 2.00. The van der Waals surface area contributed by atoms with Gasteiger partial charge in [0.2, 0.25) is 0 Å². The summed E-state index contributed by atoms with van der Waals surface area (Å²) in [7, 11) is 0. The zero-order chi connectivity index (χ0) is 7.98. The van der Waals surface area contributed by atoms with E-state index in [1.54, 1.807) is 0 Å². The molecule has 0 aliphatic heterocycles. The van der Waals surface area contributed by atoms with Gasteiger partial charge in [-0.05, 0) is 13.0 Å². The number of nitrogens with two attached hydrogens (primary N) is 1. The van der Waals surface area contributed by atoms with Crippen molar-refractivity contribution in [1.29, 1.82) is 0 Å². The lowest BCUT2D eigenvalue weighted by Gasteiger charge is -2.11. The summed E-state index contributed by atoms with van der Waals surface area (Å²) in [4.78, 5) is 0. The molecule has 0 spiro atoms. The van der Waals surface area contributed by atoms with E-state index in [2.05, 4.69) is 0 Å². The predicted molar refractivity (Wildman–Crippen MR) is 37.4 cm³/mol. The summed E-state index contributed by atoms with van der Waals surface area (Å²) in [6, 6.07) is 0. The van der Waals surface area contributed by atoms with Gasteiger partial charge in [-0.2, -0.15) is 0 Å². The fourth-order valence-electron chi connectivity index (χ4n) is 0.699. The summed E-state index contributed by atoms with van der Waals surface area (Å²) < 4.78 is 0. The monoisotopic (exact) mass is 149 g/mol. The molecule has 0 radical (unpaired) electrons. The van der Waals surface area contributed by atoms with Crippen LogP contribution in [0.15, 0.2) is 0 Å². The van der Waals surface area contributed by atoms with Crippen LogP contribution in [0.25, 0.3) is 0 Å². The molecular weight excluding hydrogens is 134 g/mol. The zero-order valence-electron chi connectivity index (χ0n) is 5.90. The molecule has 0 aliphatic carbocycles. The predicted octanol–water partition coefficient (Wildman–Crippen LogP) is -1.56. The molecule has 62 valence electrons. The van der Waals surface area contributed by atoms with E-state index >= 15 is 0 Å². The highest BCUT2D eigenvalue weighted by molar-refractivity contribution is 4.62. The second-order valence-electron chi connectivity index (χ2n) is 2.30. The van der Waals surface area contributed by atoms with E-state index in [4.69, 9.17) is 21.1 Å². The molecule has 0 bridgehead atoms. The third kappa shape index (κ3) is 4.69. The van der Waals surface area contributed by atoms with Crippen molar-refractivity contribution >= 4 is 0 Å². The normalized spacial score (nSPS) is 16.8. The minimum atomic E-state index is -0.818. The van der Waals surface area contributed by atoms with Gasteiger partial charge >= 0.3 is 0 Å². The van der Waals surface area contributed by atoms with Crippen LogP contribution < -0.4 is 5.73 Å². The average molecular weight is 149 g/mol. The van der Waals surface area contributed by atoms with Gasteiger partial charge in [0.1, 0.15) is 0 Å². The van der Waals surface area contributed by atoms with Gasteiger partial charge in [0.15, 0.2) is 0 Å². The van der Waals surface area contributed by atoms with Crippen LogP contribution in [0.2, 0.25) is 0 Å². The summed E-state index contributed by atoms with van der Waals surface area (Å²) in [5.41, 5.74) is 5.14. The third-order valence-corrected chi connectivity index (χ3v) is 1.25. The van der Waals surface area contributed by atoms with E-state index in [-0.39, 0.29) is 13.0 Å². The Morgan fingerprint density at radius 3 is 2.20 bits per heavy atom. The van der Waals surface area contributed by atoms with Gasteiger partial charge in [-0.15, -0.1) is 0 Å². The Balaban J connectivity index is 3.27. The minimum Gasteiger partial charge on any atom is -0.394 e. The van der Waals surface area contributed by atoms with Crippen LogP contribution in [0, 0.1) is 0 Å². The van der Waals surface area contributed by atoms with Crippen LogP contribution in [0.4, 0.5) is 0 Å². The van der Waals surface area contributed by atoms with E-state index in [0.29, 0.717) is 13.0 Å². The molecule has 0 saturated carbocycles. The summed E-state index contributed by atoms with van der Waals surface area (Å²) in [6.45, 7) is 0.0982. The minimum absolute atomic E-state index is 0.202. The number of hydrogen-bond acceptors (Lipinski definition) is 4. The maximum atomic E-state index is 9.00. The first-order valence-corrected chi connectivity index (χ1v) is 3.37. The molecule has 0 rings (SSSR count).